The van der Waals surface area contributed by atoms with E-state index in [1.54, 1.807) is 72.2 Å². The molecule has 0 saturated heterocycles. The van der Waals surface area contributed by atoms with Crippen molar-refractivity contribution in [1.82, 2.24) is 14.6 Å². The van der Waals surface area contributed by atoms with Crippen LogP contribution in [-0.2, 0) is 11.3 Å². The maximum absolute atomic E-state index is 12.9. The van der Waals surface area contributed by atoms with Gasteiger partial charge in [0.2, 0.25) is 6.79 Å². The highest BCUT2D eigenvalue weighted by Gasteiger charge is 2.18. The smallest absolute Gasteiger partial charge is 0.343 e. The number of rotatable bonds is 8. The van der Waals surface area contributed by atoms with Crippen molar-refractivity contribution in [2.24, 2.45) is 0 Å². The lowest BCUT2D eigenvalue weighted by Gasteiger charge is -2.08. The van der Waals surface area contributed by atoms with E-state index >= 15 is 0 Å². The van der Waals surface area contributed by atoms with Crippen molar-refractivity contribution in [2.75, 3.05) is 18.7 Å². The molecule has 0 fully saturated rings. The largest absolute Gasteiger partial charge is 0.486 e. The molecule has 1 N–H and O–H groups in total. The molecule has 0 spiro atoms. The van der Waals surface area contributed by atoms with Crippen LogP contribution in [0.15, 0.2) is 77.5 Å². The summed E-state index contributed by atoms with van der Waals surface area (Å²) >= 11 is 0. The van der Waals surface area contributed by atoms with E-state index in [4.69, 9.17) is 23.4 Å². The van der Waals surface area contributed by atoms with Crippen LogP contribution in [0.5, 0.6) is 17.2 Å². The van der Waals surface area contributed by atoms with E-state index in [0.29, 0.717) is 40.0 Å². The van der Waals surface area contributed by atoms with Crippen LogP contribution in [-0.4, -0.2) is 39.9 Å². The summed E-state index contributed by atoms with van der Waals surface area (Å²) in [7, 11) is 0. The van der Waals surface area contributed by atoms with Crippen molar-refractivity contribution in [1.29, 1.82) is 0 Å². The number of benzene rings is 2. The molecule has 0 aliphatic carbocycles. The molecule has 2 aromatic carbocycles. The molecule has 0 atom stereocenters. The molecule has 11 nitrogen and oxygen atoms in total. The van der Waals surface area contributed by atoms with Crippen LogP contribution >= 0.6 is 0 Å². The first kappa shape index (κ1) is 24.0. The standard InChI is InChI=1S/C28H22N4O7/c1-2-35-28(34)21-14-30-32-22(10-11-29-26(21)32)17-4-3-5-18(12-17)31-27(33)24-9-7-20(39-24)15-36-19-6-8-23-25(13-19)38-16-37-23/h3-14H,2,15-16H2,1H3,(H,31,33). The second kappa shape index (κ2) is 10.2. The van der Waals surface area contributed by atoms with Crippen LogP contribution in [0.4, 0.5) is 5.69 Å². The minimum absolute atomic E-state index is 0.137. The Bertz CT molecular complexity index is 1690. The average Bonchev–Trinajstić information content (AvgIpc) is 3.71. The molecule has 11 heteroatoms. The minimum atomic E-state index is -0.489. The highest BCUT2D eigenvalue weighted by Crippen LogP contribution is 2.35. The second-order valence-corrected chi connectivity index (χ2v) is 8.45. The highest BCUT2D eigenvalue weighted by atomic mass is 16.7. The molecule has 0 bridgehead atoms. The van der Waals surface area contributed by atoms with Crippen molar-refractivity contribution < 1.29 is 33.0 Å². The Hall–Kier alpha value is -5.32. The third kappa shape index (κ3) is 4.85. The third-order valence-corrected chi connectivity index (χ3v) is 5.92. The Morgan fingerprint density at radius 1 is 1.05 bits per heavy atom. The number of furan rings is 1. The van der Waals surface area contributed by atoms with Gasteiger partial charge >= 0.3 is 5.97 Å². The van der Waals surface area contributed by atoms with Gasteiger partial charge in [-0.1, -0.05) is 12.1 Å². The normalized spacial score (nSPS) is 11.9. The van der Waals surface area contributed by atoms with Crippen LogP contribution in [0.2, 0.25) is 0 Å². The van der Waals surface area contributed by atoms with Crippen LogP contribution < -0.4 is 19.5 Å². The predicted octanol–water partition coefficient (Wildman–Crippen LogP) is 4.73. The van der Waals surface area contributed by atoms with E-state index in [1.165, 1.54) is 6.20 Å². The lowest BCUT2D eigenvalue weighted by atomic mass is 10.1. The van der Waals surface area contributed by atoms with E-state index < -0.39 is 11.9 Å². The molecule has 3 aromatic heterocycles. The molecule has 1 aliphatic heterocycles. The summed E-state index contributed by atoms with van der Waals surface area (Å²) in [5.74, 6) is 1.61. The van der Waals surface area contributed by atoms with Crippen molar-refractivity contribution in [2.45, 2.75) is 13.5 Å². The molecule has 1 amide bonds. The van der Waals surface area contributed by atoms with Gasteiger partial charge in [0.1, 0.15) is 23.7 Å². The number of hydrogen-bond donors (Lipinski definition) is 1. The lowest BCUT2D eigenvalue weighted by molar-refractivity contribution is 0.0528. The van der Waals surface area contributed by atoms with Crippen LogP contribution in [0.3, 0.4) is 0 Å². The first-order valence-corrected chi connectivity index (χ1v) is 12.1. The number of nitrogens with one attached hydrogen (secondary N) is 1. The Kier molecular flexibility index (Phi) is 6.29. The fourth-order valence-electron chi connectivity index (χ4n) is 4.11. The van der Waals surface area contributed by atoms with Gasteiger partial charge in [0.15, 0.2) is 22.9 Å². The van der Waals surface area contributed by atoms with E-state index in [1.807, 2.05) is 6.07 Å². The molecule has 6 rings (SSSR count). The zero-order valence-corrected chi connectivity index (χ0v) is 20.7. The first-order chi connectivity index (χ1) is 19.1. The van der Waals surface area contributed by atoms with E-state index in [2.05, 4.69) is 15.4 Å². The van der Waals surface area contributed by atoms with Crippen LogP contribution in [0, 0.1) is 0 Å². The van der Waals surface area contributed by atoms with Gasteiger partial charge in [0.25, 0.3) is 5.91 Å². The Labute approximate surface area is 221 Å². The molecule has 196 valence electrons. The van der Waals surface area contributed by atoms with E-state index in [9.17, 15) is 9.59 Å². The van der Waals surface area contributed by atoms with Gasteiger partial charge in [-0.25, -0.2) is 14.3 Å². The van der Waals surface area contributed by atoms with Crippen LogP contribution in [0.1, 0.15) is 33.6 Å². The van der Waals surface area contributed by atoms with Gasteiger partial charge in [0, 0.05) is 23.5 Å². The molecular weight excluding hydrogens is 504 g/mol. The van der Waals surface area contributed by atoms with Gasteiger partial charge in [-0.2, -0.15) is 5.10 Å². The van der Waals surface area contributed by atoms with Gasteiger partial charge in [-0.05, 0) is 49.4 Å². The number of carbonyl (C=O) groups is 2. The summed E-state index contributed by atoms with van der Waals surface area (Å²) in [6.07, 6.45) is 3.02. The Balaban J connectivity index is 1.15. The quantitative estimate of drug-likeness (QED) is 0.286. The molecule has 1 aliphatic rings. The molecule has 0 radical (unpaired) electrons. The van der Waals surface area contributed by atoms with Gasteiger partial charge in [-0.3, -0.25) is 4.79 Å². The Morgan fingerprint density at radius 2 is 1.95 bits per heavy atom. The number of anilines is 1. The van der Waals surface area contributed by atoms with E-state index in [0.717, 1.165) is 5.56 Å². The van der Waals surface area contributed by atoms with E-state index in [-0.39, 0.29) is 31.3 Å². The maximum atomic E-state index is 12.9. The number of hydrogen-bond acceptors (Lipinski definition) is 9. The van der Waals surface area contributed by atoms with Gasteiger partial charge < -0.3 is 28.7 Å². The lowest BCUT2D eigenvalue weighted by Crippen LogP contribution is -2.11. The number of nitrogens with zero attached hydrogens (tertiary/aromatic N) is 3. The zero-order chi connectivity index (χ0) is 26.8. The fraction of sp³-hybridized carbons (Fsp3) is 0.143. The second-order valence-electron chi connectivity index (χ2n) is 8.45. The monoisotopic (exact) mass is 526 g/mol. The molecule has 0 saturated carbocycles. The third-order valence-electron chi connectivity index (χ3n) is 5.92. The topological polar surface area (TPSA) is 126 Å². The van der Waals surface area contributed by atoms with Crippen molar-refractivity contribution >= 4 is 23.2 Å². The van der Waals surface area contributed by atoms with Crippen LogP contribution in [0.25, 0.3) is 16.9 Å². The number of esters is 1. The predicted molar refractivity (Wildman–Crippen MR) is 138 cm³/mol. The highest BCUT2D eigenvalue weighted by molar-refractivity contribution is 6.02. The summed E-state index contributed by atoms with van der Waals surface area (Å²) in [4.78, 5) is 29.4. The number of ether oxygens (including phenoxy) is 4. The summed E-state index contributed by atoms with van der Waals surface area (Å²) in [6.45, 7) is 2.31. The molecular formula is C28H22N4O7. The summed E-state index contributed by atoms with van der Waals surface area (Å²) in [5, 5.41) is 7.17. The number of amides is 1. The number of fused-ring (bicyclic) bond motifs is 2. The van der Waals surface area contributed by atoms with Gasteiger partial charge in [0.05, 0.1) is 18.5 Å². The Morgan fingerprint density at radius 3 is 2.85 bits per heavy atom. The summed E-state index contributed by atoms with van der Waals surface area (Å²) in [5.41, 5.74) is 2.66. The van der Waals surface area contributed by atoms with Crippen molar-refractivity contribution in [3.05, 3.63) is 90.1 Å². The molecule has 0 unspecified atom stereocenters. The fourth-order valence-corrected chi connectivity index (χ4v) is 4.11. The SMILES string of the molecule is CCOC(=O)c1cnn2c(-c3cccc(NC(=O)c4ccc(COc5ccc6c(c5)OCO6)o4)c3)ccnc12. The number of carbonyl (C=O) groups excluding carboxylic acids is 2. The van der Waals surface area contributed by atoms with Crippen molar-refractivity contribution in [3.8, 4) is 28.5 Å². The molecule has 4 heterocycles. The minimum Gasteiger partial charge on any atom is -0.486 e. The molecule has 39 heavy (non-hydrogen) atoms. The summed E-state index contributed by atoms with van der Waals surface area (Å²) < 4.78 is 28.8. The first-order valence-electron chi connectivity index (χ1n) is 12.1. The summed E-state index contributed by atoms with van der Waals surface area (Å²) in [6, 6.07) is 17.6. The molecule has 5 aromatic rings. The van der Waals surface area contributed by atoms with Crippen molar-refractivity contribution in [3.63, 3.8) is 0 Å². The maximum Gasteiger partial charge on any atom is 0.343 e. The number of aromatic nitrogens is 3. The average molecular weight is 527 g/mol. The van der Waals surface area contributed by atoms with Gasteiger partial charge in [-0.15, -0.1) is 0 Å². The zero-order valence-electron chi connectivity index (χ0n) is 20.7.